The Morgan fingerprint density at radius 3 is 2.03 bits per heavy atom. The Labute approximate surface area is 203 Å². The molecule has 0 amide bonds. The van der Waals surface area contributed by atoms with Crippen molar-refractivity contribution in [1.82, 2.24) is 0 Å². The second-order valence-electron chi connectivity index (χ2n) is 15.4. The standard InChI is InChI=1S/C30H52O3/c1-25(2)13-9-14-30(8,33-25)19-10-16-29(7)24(19)20(31)18-22-27(5)15-12-23(32)26(3,4)21(27)11-17-28(22,29)6/h19-24,31-32H,9-18H2,1-8H3/t19-,20+,21-,22+,23-,24-,27-,28+,29+,30+/m0/s1. The van der Waals surface area contributed by atoms with Crippen molar-refractivity contribution >= 4 is 0 Å². The van der Waals surface area contributed by atoms with Gasteiger partial charge in [-0.25, -0.2) is 0 Å². The van der Waals surface area contributed by atoms with Gasteiger partial charge in [-0.1, -0.05) is 34.6 Å². The molecule has 5 rings (SSSR count). The van der Waals surface area contributed by atoms with E-state index in [-0.39, 0.29) is 45.1 Å². The minimum Gasteiger partial charge on any atom is -0.393 e. The summed E-state index contributed by atoms with van der Waals surface area (Å²) < 4.78 is 6.86. The summed E-state index contributed by atoms with van der Waals surface area (Å²) >= 11 is 0. The van der Waals surface area contributed by atoms with Gasteiger partial charge in [0.1, 0.15) is 0 Å². The molecule has 3 heteroatoms. The highest BCUT2D eigenvalue weighted by Gasteiger charge is 2.71. The lowest BCUT2D eigenvalue weighted by Gasteiger charge is -2.70. The molecule has 0 unspecified atom stereocenters. The fourth-order valence-electron chi connectivity index (χ4n) is 11.3. The molecule has 0 aromatic heterocycles. The first kappa shape index (κ1) is 24.6. The minimum atomic E-state index is -0.239. The molecule has 0 bridgehead atoms. The van der Waals surface area contributed by atoms with Crippen molar-refractivity contribution in [3.8, 4) is 0 Å². The average molecular weight is 461 g/mol. The smallest absolute Gasteiger partial charge is 0.0693 e. The molecular weight excluding hydrogens is 408 g/mol. The molecular formula is C30H52O3. The summed E-state index contributed by atoms with van der Waals surface area (Å²) in [7, 11) is 0. The Kier molecular flexibility index (Phi) is 5.38. The van der Waals surface area contributed by atoms with Gasteiger partial charge >= 0.3 is 0 Å². The predicted octanol–water partition coefficient (Wildman–Crippen LogP) is 6.74. The molecule has 4 saturated carbocycles. The summed E-state index contributed by atoms with van der Waals surface area (Å²) in [5.41, 5.74) is 0.392. The first-order valence-corrected chi connectivity index (χ1v) is 14.2. The Bertz CT molecular complexity index is 789. The molecule has 2 N–H and O–H groups in total. The lowest BCUT2D eigenvalue weighted by molar-refractivity contribution is -0.257. The van der Waals surface area contributed by atoms with Crippen molar-refractivity contribution in [1.29, 1.82) is 0 Å². The number of aliphatic hydroxyl groups excluding tert-OH is 2. The van der Waals surface area contributed by atoms with Gasteiger partial charge in [0, 0.05) is 0 Å². The van der Waals surface area contributed by atoms with Gasteiger partial charge in [0.05, 0.1) is 23.4 Å². The van der Waals surface area contributed by atoms with E-state index in [1.807, 2.05) is 0 Å². The van der Waals surface area contributed by atoms with Crippen LogP contribution in [0.4, 0.5) is 0 Å². The van der Waals surface area contributed by atoms with Crippen LogP contribution < -0.4 is 0 Å². The zero-order valence-electron chi connectivity index (χ0n) is 22.8. The summed E-state index contributed by atoms with van der Waals surface area (Å²) in [6, 6.07) is 0. The van der Waals surface area contributed by atoms with Crippen LogP contribution in [0.2, 0.25) is 0 Å². The molecule has 33 heavy (non-hydrogen) atoms. The summed E-state index contributed by atoms with van der Waals surface area (Å²) in [5, 5.41) is 22.8. The molecule has 5 fully saturated rings. The molecule has 0 radical (unpaired) electrons. The van der Waals surface area contributed by atoms with Gasteiger partial charge in [0.15, 0.2) is 0 Å². The van der Waals surface area contributed by atoms with Gasteiger partial charge < -0.3 is 14.9 Å². The maximum absolute atomic E-state index is 11.9. The third-order valence-electron chi connectivity index (χ3n) is 13.1. The molecule has 10 atom stereocenters. The van der Waals surface area contributed by atoms with E-state index in [1.54, 1.807) is 0 Å². The molecule has 3 nitrogen and oxygen atoms in total. The van der Waals surface area contributed by atoms with Crippen LogP contribution in [0, 0.1) is 45.3 Å². The Balaban J connectivity index is 1.51. The Morgan fingerprint density at radius 1 is 0.697 bits per heavy atom. The molecule has 190 valence electrons. The zero-order chi connectivity index (χ0) is 24.2. The van der Waals surface area contributed by atoms with Crippen LogP contribution in [0.5, 0.6) is 0 Å². The second kappa shape index (κ2) is 7.22. The highest BCUT2D eigenvalue weighted by molar-refractivity contribution is 5.20. The van der Waals surface area contributed by atoms with Crippen molar-refractivity contribution < 1.29 is 14.9 Å². The quantitative estimate of drug-likeness (QED) is 0.455. The van der Waals surface area contributed by atoms with Crippen LogP contribution >= 0.6 is 0 Å². The topological polar surface area (TPSA) is 49.7 Å². The second-order valence-corrected chi connectivity index (χ2v) is 15.4. The van der Waals surface area contributed by atoms with Crippen molar-refractivity contribution in [2.75, 3.05) is 0 Å². The van der Waals surface area contributed by atoms with Crippen LogP contribution in [-0.4, -0.2) is 33.6 Å². The highest BCUT2D eigenvalue weighted by atomic mass is 16.5. The first-order chi connectivity index (χ1) is 15.1. The summed E-state index contributed by atoms with van der Waals surface area (Å²) in [6.45, 7) is 19.2. The lowest BCUT2D eigenvalue weighted by Crippen LogP contribution is -2.66. The number of fused-ring (bicyclic) bond motifs is 5. The zero-order valence-corrected chi connectivity index (χ0v) is 22.8. The Morgan fingerprint density at radius 2 is 1.36 bits per heavy atom. The fourth-order valence-corrected chi connectivity index (χ4v) is 11.3. The molecule has 1 saturated heterocycles. The van der Waals surface area contributed by atoms with Crippen molar-refractivity contribution in [3.63, 3.8) is 0 Å². The van der Waals surface area contributed by atoms with E-state index in [0.29, 0.717) is 23.7 Å². The summed E-state index contributed by atoms with van der Waals surface area (Å²) in [6.07, 6.45) is 10.9. The maximum Gasteiger partial charge on any atom is 0.0693 e. The van der Waals surface area contributed by atoms with Crippen molar-refractivity contribution in [2.24, 2.45) is 45.3 Å². The molecule has 4 aliphatic carbocycles. The fraction of sp³-hybridized carbons (Fsp3) is 1.00. The van der Waals surface area contributed by atoms with E-state index in [0.717, 1.165) is 32.1 Å². The SMILES string of the molecule is CC1(C)CCC[C@](C)([C@H]2CC[C@]3(C)[C@@H]2[C@H](O)C[C@@H]2[C@@]4(C)CC[C@H](O)C(C)(C)[C@@H]4CC[C@]23C)O1. The van der Waals surface area contributed by atoms with Gasteiger partial charge in [0.25, 0.3) is 0 Å². The van der Waals surface area contributed by atoms with Crippen molar-refractivity contribution in [2.45, 2.75) is 143 Å². The van der Waals surface area contributed by atoms with Gasteiger partial charge in [-0.05, 0) is 130 Å². The number of aliphatic hydroxyl groups is 2. The molecule has 0 spiro atoms. The average Bonchev–Trinajstić information content (AvgIpc) is 3.07. The highest BCUT2D eigenvalue weighted by Crippen LogP contribution is 2.76. The van der Waals surface area contributed by atoms with E-state index >= 15 is 0 Å². The minimum absolute atomic E-state index is 0.0375. The number of rotatable bonds is 1. The lowest BCUT2D eigenvalue weighted by atomic mass is 9.35. The number of ether oxygens (including phenoxy) is 1. The van der Waals surface area contributed by atoms with Gasteiger partial charge in [-0.15, -0.1) is 0 Å². The monoisotopic (exact) mass is 460 g/mol. The first-order valence-electron chi connectivity index (χ1n) is 14.2. The predicted molar refractivity (Wildman–Crippen MR) is 134 cm³/mol. The van der Waals surface area contributed by atoms with Crippen LogP contribution in [-0.2, 0) is 4.74 Å². The van der Waals surface area contributed by atoms with E-state index in [1.165, 1.54) is 32.1 Å². The van der Waals surface area contributed by atoms with Gasteiger partial charge in [0.2, 0.25) is 0 Å². The van der Waals surface area contributed by atoms with Crippen LogP contribution in [0.3, 0.4) is 0 Å². The molecule has 5 aliphatic rings. The van der Waals surface area contributed by atoms with Crippen LogP contribution in [0.1, 0.15) is 120 Å². The maximum atomic E-state index is 11.9. The molecule has 0 aromatic carbocycles. The number of hydrogen-bond donors (Lipinski definition) is 2. The van der Waals surface area contributed by atoms with Crippen molar-refractivity contribution in [3.05, 3.63) is 0 Å². The van der Waals surface area contributed by atoms with Gasteiger partial charge in [-0.3, -0.25) is 0 Å². The third kappa shape index (κ3) is 3.16. The number of hydrogen-bond acceptors (Lipinski definition) is 3. The molecule has 1 heterocycles. The van der Waals surface area contributed by atoms with Gasteiger partial charge in [-0.2, -0.15) is 0 Å². The van der Waals surface area contributed by atoms with E-state index in [9.17, 15) is 10.2 Å². The van der Waals surface area contributed by atoms with E-state index in [2.05, 4.69) is 55.4 Å². The largest absolute Gasteiger partial charge is 0.393 e. The third-order valence-corrected chi connectivity index (χ3v) is 13.1. The Hall–Kier alpha value is -0.120. The van der Waals surface area contributed by atoms with Crippen LogP contribution in [0.25, 0.3) is 0 Å². The molecule has 1 aliphatic heterocycles. The van der Waals surface area contributed by atoms with E-state index < -0.39 is 0 Å². The molecule has 0 aromatic rings. The van der Waals surface area contributed by atoms with E-state index in [4.69, 9.17) is 4.74 Å². The van der Waals surface area contributed by atoms with Crippen LogP contribution in [0.15, 0.2) is 0 Å². The summed E-state index contributed by atoms with van der Waals surface area (Å²) in [5.74, 6) is 1.85. The normalized spacial score (nSPS) is 57.6. The summed E-state index contributed by atoms with van der Waals surface area (Å²) in [4.78, 5) is 0.